The molecule has 1 saturated carbocycles. The van der Waals surface area contributed by atoms with E-state index in [1.165, 1.54) is 6.07 Å². The van der Waals surface area contributed by atoms with Gasteiger partial charge in [0.1, 0.15) is 5.82 Å². The van der Waals surface area contributed by atoms with Gasteiger partial charge < -0.3 is 0 Å². The summed E-state index contributed by atoms with van der Waals surface area (Å²) < 4.78 is 39.2. The first-order chi connectivity index (χ1) is 7.49. The van der Waals surface area contributed by atoms with Gasteiger partial charge in [0.25, 0.3) is 0 Å². The maximum atomic E-state index is 12.8. The summed E-state index contributed by atoms with van der Waals surface area (Å²) in [6.45, 7) is 0.464. The molecule has 1 fully saturated rings. The van der Waals surface area contributed by atoms with Gasteiger partial charge in [-0.3, -0.25) is 0 Å². The predicted octanol–water partition coefficient (Wildman–Crippen LogP) is 2.28. The summed E-state index contributed by atoms with van der Waals surface area (Å²) in [5, 5.41) is 0. The average molecular weight is 308 g/mol. The molecule has 0 heterocycles. The quantitative estimate of drug-likeness (QED) is 0.927. The zero-order chi connectivity index (χ0) is 11.8. The summed E-state index contributed by atoms with van der Waals surface area (Å²) in [5.41, 5.74) is 0. The Kier molecular flexibility index (Phi) is 3.32. The van der Waals surface area contributed by atoms with Gasteiger partial charge in [-0.2, -0.15) is 0 Å². The maximum absolute atomic E-state index is 12.8. The van der Waals surface area contributed by atoms with E-state index in [0.29, 0.717) is 12.5 Å². The van der Waals surface area contributed by atoms with Crippen LogP contribution in [0, 0.1) is 11.7 Å². The lowest BCUT2D eigenvalue weighted by Gasteiger charge is -2.07. The van der Waals surface area contributed by atoms with E-state index in [2.05, 4.69) is 20.7 Å². The van der Waals surface area contributed by atoms with Gasteiger partial charge in [0.05, 0.1) is 4.90 Å². The molecule has 16 heavy (non-hydrogen) atoms. The molecule has 1 aromatic carbocycles. The number of sulfonamides is 1. The van der Waals surface area contributed by atoms with Crippen molar-refractivity contribution in [3.05, 3.63) is 28.5 Å². The normalized spacial score (nSPS) is 16.4. The van der Waals surface area contributed by atoms with Crippen LogP contribution >= 0.6 is 15.9 Å². The lowest BCUT2D eigenvalue weighted by molar-refractivity contribution is 0.576. The van der Waals surface area contributed by atoms with Gasteiger partial charge in [0, 0.05) is 11.0 Å². The van der Waals surface area contributed by atoms with Gasteiger partial charge in [-0.25, -0.2) is 17.5 Å². The van der Waals surface area contributed by atoms with Crippen LogP contribution in [0.5, 0.6) is 0 Å². The van der Waals surface area contributed by atoms with Crippen molar-refractivity contribution in [1.29, 1.82) is 0 Å². The van der Waals surface area contributed by atoms with Gasteiger partial charge in [-0.15, -0.1) is 0 Å². The Morgan fingerprint density at radius 3 is 2.69 bits per heavy atom. The second-order valence-corrected chi connectivity index (χ2v) is 6.46. The topological polar surface area (TPSA) is 46.2 Å². The molecule has 2 rings (SSSR count). The molecule has 0 atom stereocenters. The summed E-state index contributed by atoms with van der Waals surface area (Å²) in [6, 6.07) is 3.54. The first-order valence-corrected chi connectivity index (χ1v) is 7.21. The Morgan fingerprint density at radius 1 is 1.44 bits per heavy atom. The van der Waals surface area contributed by atoms with Crippen molar-refractivity contribution in [2.75, 3.05) is 6.54 Å². The number of nitrogens with one attached hydrogen (secondary N) is 1. The molecule has 1 N–H and O–H groups in total. The molecule has 0 saturated heterocycles. The van der Waals surface area contributed by atoms with Gasteiger partial charge >= 0.3 is 0 Å². The Balaban J connectivity index is 2.20. The van der Waals surface area contributed by atoms with Crippen LogP contribution in [0.15, 0.2) is 27.6 Å². The van der Waals surface area contributed by atoms with Crippen molar-refractivity contribution in [3.8, 4) is 0 Å². The molecule has 0 unspecified atom stereocenters. The third-order valence-electron chi connectivity index (χ3n) is 2.44. The number of hydrogen-bond acceptors (Lipinski definition) is 2. The van der Waals surface area contributed by atoms with Crippen LogP contribution in [0.2, 0.25) is 0 Å². The Hall–Kier alpha value is -0.460. The molecule has 0 aromatic heterocycles. The number of halogens is 2. The van der Waals surface area contributed by atoms with E-state index in [-0.39, 0.29) is 9.37 Å². The smallest absolute Gasteiger partial charge is 0.211 e. The third-order valence-corrected chi connectivity index (χ3v) is 4.84. The lowest BCUT2D eigenvalue weighted by Crippen LogP contribution is -2.26. The number of rotatable bonds is 4. The van der Waals surface area contributed by atoms with Gasteiger partial charge in [0.15, 0.2) is 0 Å². The predicted molar refractivity (Wildman–Crippen MR) is 62.0 cm³/mol. The van der Waals surface area contributed by atoms with E-state index in [1.54, 1.807) is 0 Å². The molecule has 0 radical (unpaired) electrons. The molecule has 0 spiro atoms. The molecule has 3 nitrogen and oxygen atoms in total. The summed E-state index contributed by atoms with van der Waals surface area (Å²) >= 11 is 3.05. The zero-order valence-corrected chi connectivity index (χ0v) is 10.8. The van der Waals surface area contributed by atoms with Crippen molar-refractivity contribution in [1.82, 2.24) is 4.72 Å². The van der Waals surface area contributed by atoms with Gasteiger partial charge in [-0.1, -0.05) is 0 Å². The second kappa shape index (κ2) is 4.43. The molecule has 1 aliphatic carbocycles. The summed E-state index contributed by atoms with van der Waals surface area (Å²) in [7, 11) is -3.53. The van der Waals surface area contributed by atoms with Crippen molar-refractivity contribution in [3.63, 3.8) is 0 Å². The highest BCUT2D eigenvalue weighted by atomic mass is 79.9. The minimum Gasteiger partial charge on any atom is -0.211 e. The van der Waals surface area contributed by atoms with Crippen LogP contribution in [0.4, 0.5) is 4.39 Å². The third kappa shape index (κ3) is 2.81. The molecular weight excluding hydrogens is 297 g/mol. The molecule has 1 aromatic rings. The highest BCUT2D eigenvalue weighted by molar-refractivity contribution is 9.10. The van der Waals surface area contributed by atoms with Crippen LogP contribution in [0.3, 0.4) is 0 Å². The first-order valence-electron chi connectivity index (χ1n) is 4.94. The van der Waals surface area contributed by atoms with Crippen LogP contribution in [0.1, 0.15) is 12.8 Å². The van der Waals surface area contributed by atoms with Crippen LogP contribution < -0.4 is 4.72 Å². The maximum Gasteiger partial charge on any atom is 0.241 e. The Bertz CT molecular complexity index is 500. The molecule has 1 aliphatic rings. The molecule has 6 heteroatoms. The van der Waals surface area contributed by atoms with Crippen molar-refractivity contribution in [2.45, 2.75) is 17.7 Å². The summed E-state index contributed by atoms with van der Waals surface area (Å²) in [6.07, 6.45) is 2.15. The van der Waals surface area contributed by atoms with E-state index < -0.39 is 15.8 Å². The van der Waals surface area contributed by atoms with Gasteiger partial charge in [-0.05, 0) is 52.9 Å². The molecule has 0 bridgehead atoms. The molecule has 88 valence electrons. The van der Waals surface area contributed by atoms with E-state index in [9.17, 15) is 12.8 Å². The minimum absolute atomic E-state index is 0.0783. The lowest BCUT2D eigenvalue weighted by atomic mass is 10.3. The molecule has 0 amide bonds. The monoisotopic (exact) mass is 307 g/mol. The van der Waals surface area contributed by atoms with Crippen molar-refractivity contribution >= 4 is 26.0 Å². The molecular formula is C10H11BrFNO2S. The first kappa shape index (κ1) is 12.0. The largest absolute Gasteiger partial charge is 0.241 e. The fourth-order valence-corrected chi connectivity index (χ4v) is 3.48. The highest BCUT2D eigenvalue weighted by Gasteiger charge is 2.25. The molecule has 0 aliphatic heterocycles. The number of benzene rings is 1. The van der Waals surface area contributed by atoms with Crippen LogP contribution in [-0.2, 0) is 10.0 Å². The van der Waals surface area contributed by atoms with Gasteiger partial charge in [0.2, 0.25) is 10.0 Å². The van der Waals surface area contributed by atoms with Crippen LogP contribution in [-0.4, -0.2) is 15.0 Å². The van der Waals surface area contributed by atoms with E-state index in [0.717, 1.165) is 25.0 Å². The average Bonchev–Trinajstić information content (AvgIpc) is 2.97. The van der Waals surface area contributed by atoms with E-state index in [4.69, 9.17) is 0 Å². The van der Waals surface area contributed by atoms with Crippen molar-refractivity contribution in [2.24, 2.45) is 5.92 Å². The minimum atomic E-state index is -3.53. The summed E-state index contributed by atoms with van der Waals surface area (Å²) in [5.74, 6) is 0.00187. The fraction of sp³-hybridized carbons (Fsp3) is 0.400. The Morgan fingerprint density at radius 2 is 2.12 bits per heavy atom. The van der Waals surface area contributed by atoms with Crippen molar-refractivity contribution < 1.29 is 12.8 Å². The Labute approximate surface area is 102 Å². The van der Waals surface area contributed by atoms with E-state index >= 15 is 0 Å². The highest BCUT2D eigenvalue weighted by Crippen LogP contribution is 2.29. The summed E-state index contributed by atoms with van der Waals surface area (Å²) in [4.78, 5) is 0.0783. The fourth-order valence-electron chi connectivity index (χ4n) is 1.32. The standard InChI is InChI=1S/C10H11BrFNO2S/c11-9-5-8(12)3-4-10(9)16(14,15)13-6-7-1-2-7/h3-5,7,13H,1-2,6H2. The van der Waals surface area contributed by atoms with Crippen LogP contribution in [0.25, 0.3) is 0 Å². The number of hydrogen-bond donors (Lipinski definition) is 1. The van der Waals surface area contributed by atoms with E-state index in [1.807, 2.05) is 0 Å². The SMILES string of the molecule is O=S(=O)(NCC1CC1)c1ccc(F)cc1Br. The second-order valence-electron chi connectivity index (χ2n) is 3.87. The zero-order valence-electron chi connectivity index (χ0n) is 8.41.